The first-order valence-corrected chi connectivity index (χ1v) is 5.66. The van der Waals surface area contributed by atoms with E-state index in [-0.39, 0.29) is 6.10 Å². The summed E-state index contributed by atoms with van der Waals surface area (Å²) in [7, 11) is 0. The topological polar surface area (TPSA) is 23.5 Å². The lowest BCUT2D eigenvalue weighted by Crippen LogP contribution is -2.31. The Kier molecular flexibility index (Phi) is 2.89. The molecular weight excluding hydrogens is 162 g/mol. The largest absolute Gasteiger partial charge is 0.393 e. The molecule has 76 valence electrons. The average Bonchev–Trinajstić information content (AvgIpc) is 2.44. The van der Waals surface area contributed by atoms with Crippen molar-refractivity contribution in [3.05, 3.63) is 0 Å². The van der Waals surface area contributed by atoms with Gasteiger partial charge in [0.15, 0.2) is 0 Å². The van der Waals surface area contributed by atoms with E-state index in [9.17, 15) is 5.11 Å². The molecule has 2 nitrogen and oxygen atoms in total. The van der Waals surface area contributed by atoms with Gasteiger partial charge >= 0.3 is 0 Å². The number of hydrogen-bond donors (Lipinski definition) is 1. The van der Waals surface area contributed by atoms with Crippen molar-refractivity contribution >= 4 is 0 Å². The summed E-state index contributed by atoms with van der Waals surface area (Å²) in [6, 6.07) is 0. The Morgan fingerprint density at radius 3 is 2.62 bits per heavy atom. The van der Waals surface area contributed by atoms with E-state index in [1.54, 1.807) is 0 Å². The minimum atomic E-state index is -0.105. The molecule has 0 amide bonds. The third-order valence-corrected chi connectivity index (χ3v) is 3.73. The highest BCUT2D eigenvalue weighted by Crippen LogP contribution is 2.29. The highest BCUT2D eigenvalue weighted by Gasteiger charge is 2.28. The van der Waals surface area contributed by atoms with Crippen LogP contribution in [0.25, 0.3) is 0 Å². The van der Waals surface area contributed by atoms with Gasteiger partial charge in [0, 0.05) is 13.1 Å². The SMILES string of the molecule is CC(O)C1CCN(CC2CCC2)C1. The number of likely N-dealkylation sites (tertiary alicyclic amines) is 1. The standard InChI is InChI=1S/C11H21NO/c1-9(13)11-5-6-12(8-11)7-10-3-2-4-10/h9-11,13H,2-8H2,1H3. The van der Waals surface area contributed by atoms with Crippen LogP contribution in [0.15, 0.2) is 0 Å². The zero-order valence-corrected chi connectivity index (χ0v) is 8.58. The maximum Gasteiger partial charge on any atom is 0.0552 e. The molecule has 0 radical (unpaired) electrons. The van der Waals surface area contributed by atoms with Gasteiger partial charge < -0.3 is 10.0 Å². The van der Waals surface area contributed by atoms with Crippen LogP contribution >= 0.6 is 0 Å². The lowest BCUT2D eigenvalue weighted by atomic mass is 9.85. The second kappa shape index (κ2) is 3.97. The smallest absolute Gasteiger partial charge is 0.0552 e. The molecule has 2 rings (SSSR count). The fourth-order valence-corrected chi connectivity index (χ4v) is 2.46. The van der Waals surface area contributed by atoms with Gasteiger partial charge in [0.05, 0.1) is 6.10 Å². The first-order chi connectivity index (χ1) is 6.25. The zero-order chi connectivity index (χ0) is 9.26. The summed E-state index contributed by atoms with van der Waals surface area (Å²) in [5, 5.41) is 9.45. The summed E-state index contributed by atoms with van der Waals surface area (Å²) in [5.74, 6) is 1.52. The second-order valence-corrected chi connectivity index (χ2v) is 4.85. The molecule has 2 heteroatoms. The van der Waals surface area contributed by atoms with Crippen molar-refractivity contribution in [3.8, 4) is 0 Å². The summed E-state index contributed by atoms with van der Waals surface area (Å²) in [6.45, 7) is 5.57. The molecule has 0 bridgehead atoms. The van der Waals surface area contributed by atoms with Gasteiger partial charge in [0.1, 0.15) is 0 Å². The molecule has 0 aromatic carbocycles. The van der Waals surface area contributed by atoms with Crippen LogP contribution in [0.1, 0.15) is 32.6 Å². The molecule has 0 aromatic rings. The highest BCUT2D eigenvalue weighted by atomic mass is 16.3. The maximum atomic E-state index is 9.45. The monoisotopic (exact) mass is 183 g/mol. The minimum absolute atomic E-state index is 0.105. The van der Waals surface area contributed by atoms with Gasteiger partial charge in [-0.3, -0.25) is 0 Å². The molecule has 1 saturated carbocycles. The Hall–Kier alpha value is -0.0800. The maximum absolute atomic E-state index is 9.45. The van der Waals surface area contributed by atoms with E-state index in [0.717, 1.165) is 12.5 Å². The van der Waals surface area contributed by atoms with Crippen molar-refractivity contribution in [3.63, 3.8) is 0 Å². The molecule has 1 N–H and O–H groups in total. The van der Waals surface area contributed by atoms with Gasteiger partial charge in [-0.15, -0.1) is 0 Å². The fraction of sp³-hybridized carbons (Fsp3) is 1.00. The van der Waals surface area contributed by atoms with Gasteiger partial charge in [0.2, 0.25) is 0 Å². The van der Waals surface area contributed by atoms with E-state index in [0.29, 0.717) is 5.92 Å². The molecule has 1 heterocycles. The zero-order valence-electron chi connectivity index (χ0n) is 8.58. The quantitative estimate of drug-likeness (QED) is 0.716. The average molecular weight is 183 g/mol. The van der Waals surface area contributed by atoms with Crippen molar-refractivity contribution in [2.24, 2.45) is 11.8 Å². The van der Waals surface area contributed by atoms with Crippen molar-refractivity contribution in [1.82, 2.24) is 4.90 Å². The predicted octanol–water partition coefficient (Wildman–Crippen LogP) is 1.49. The lowest BCUT2D eigenvalue weighted by molar-refractivity contribution is 0.122. The van der Waals surface area contributed by atoms with Crippen LogP contribution < -0.4 is 0 Å². The van der Waals surface area contributed by atoms with E-state index in [4.69, 9.17) is 0 Å². The van der Waals surface area contributed by atoms with Crippen LogP contribution in [0, 0.1) is 11.8 Å². The van der Waals surface area contributed by atoms with E-state index in [1.165, 1.54) is 38.8 Å². The molecule has 0 aromatic heterocycles. The first kappa shape index (κ1) is 9.47. The number of aliphatic hydroxyl groups is 1. The Bertz CT molecular complexity index is 165. The molecular formula is C11H21NO. The van der Waals surface area contributed by atoms with Crippen molar-refractivity contribution < 1.29 is 5.11 Å². The molecule has 2 unspecified atom stereocenters. The summed E-state index contributed by atoms with van der Waals surface area (Å²) in [6.07, 6.45) is 5.42. The van der Waals surface area contributed by atoms with Gasteiger partial charge in [0.25, 0.3) is 0 Å². The number of nitrogens with zero attached hydrogens (tertiary/aromatic N) is 1. The van der Waals surface area contributed by atoms with Gasteiger partial charge in [-0.25, -0.2) is 0 Å². The van der Waals surface area contributed by atoms with E-state index in [1.807, 2.05) is 6.92 Å². The second-order valence-electron chi connectivity index (χ2n) is 4.85. The van der Waals surface area contributed by atoms with Gasteiger partial charge in [-0.2, -0.15) is 0 Å². The lowest BCUT2D eigenvalue weighted by Gasteiger charge is -2.30. The summed E-state index contributed by atoms with van der Waals surface area (Å²) in [4.78, 5) is 2.54. The number of aliphatic hydroxyl groups excluding tert-OH is 1. The predicted molar refractivity (Wildman–Crippen MR) is 53.6 cm³/mol. The summed E-state index contributed by atoms with van der Waals surface area (Å²) < 4.78 is 0. The third kappa shape index (κ3) is 2.23. The summed E-state index contributed by atoms with van der Waals surface area (Å²) in [5.41, 5.74) is 0. The van der Waals surface area contributed by atoms with E-state index in [2.05, 4.69) is 4.90 Å². The first-order valence-electron chi connectivity index (χ1n) is 5.66. The van der Waals surface area contributed by atoms with Crippen molar-refractivity contribution in [2.75, 3.05) is 19.6 Å². The molecule has 2 aliphatic rings. The van der Waals surface area contributed by atoms with Crippen LogP contribution in [0.5, 0.6) is 0 Å². The third-order valence-electron chi connectivity index (χ3n) is 3.73. The Labute approximate surface area is 80.9 Å². The van der Waals surface area contributed by atoms with Crippen molar-refractivity contribution in [1.29, 1.82) is 0 Å². The Balaban J connectivity index is 1.71. The summed E-state index contributed by atoms with van der Waals surface area (Å²) >= 11 is 0. The molecule has 1 aliphatic heterocycles. The van der Waals surface area contributed by atoms with Crippen LogP contribution in [-0.4, -0.2) is 35.7 Å². The Morgan fingerprint density at radius 1 is 1.38 bits per heavy atom. The number of rotatable bonds is 3. The van der Waals surface area contributed by atoms with Crippen LogP contribution in [0.2, 0.25) is 0 Å². The van der Waals surface area contributed by atoms with Crippen molar-refractivity contribution in [2.45, 2.75) is 38.7 Å². The number of hydrogen-bond acceptors (Lipinski definition) is 2. The molecule has 1 aliphatic carbocycles. The minimum Gasteiger partial charge on any atom is -0.393 e. The Morgan fingerprint density at radius 2 is 2.15 bits per heavy atom. The fourth-order valence-electron chi connectivity index (χ4n) is 2.46. The van der Waals surface area contributed by atoms with Crippen LogP contribution in [-0.2, 0) is 0 Å². The highest BCUT2D eigenvalue weighted by molar-refractivity contribution is 4.82. The van der Waals surface area contributed by atoms with E-state index >= 15 is 0 Å². The molecule has 13 heavy (non-hydrogen) atoms. The normalized spacial score (nSPS) is 33.2. The van der Waals surface area contributed by atoms with Gasteiger partial charge in [-0.05, 0) is 44.6 Å². The molecule has 2 atom stereocenters. The van der Waals surface area contributed by atoms with Crippen LogP contribution in [0.3, 0.4) is 0 Å². The molecule has 0 spiro atoms. The van der Waals surface area contributed by atoms with Gasteiger partial charge in [-0.1, -0.05) is 6.42 Å². The molecule has 2 fully saturated rings. The molecule has 1 saturated heterocycles. The van der Waals surface area contributed by atoms with E-state index < -0.39 is 0 Å². The van der Waals surface area contributed by atoms with Crippen LogP contribution in [0.4, 0.5) is 0 Å².